The lowest BCUT2D eigenvalue weighted by atomic mass is 10.1. The number of aryl methyl sites for hydroxylation is 1. The van der Waals surface area contributed by atoms with Crippen LogP contribution in [0.25, 0.3) is 10.9 Å². The summed E-state index contributed by atoms with van der Waals surface area (Å²) in [7, 11) is -1.07. The fraction of sp³-hybridized carbons (Fsp3) is 0.467. The number of hydrogen-bond acceptors (Lipinski definition) is 2. The van der Waals surface area contributed by atoms with Gasteiger partial charge >= 0.3 is 0 Å². The van der Waals surface area contributed by atoms with Gasteiger partial charge in [-0.2, -0.15) is 0 Å². The van der Waals surface area contributed by atoms with E-state index < -0.39 is 10.0 Å². The fourth-order valence-electron chi connectivity index (χ4n) is 2.59. The highest BCUT2D eigenvalue weighted by Gasteiger charge is 2.13. The summed E-state index contributed by atoms with van der Waals surface area (Å²) >= 11 is 0. The van der Waals surface area contributed by atoms with Gasteiger partial charge in [0.05, 0.1) is 5.75 Å². The molecule has 0 saturated carbocycles. The molecule has 0 amide bonds. The summed E-state index contributed by atoms with van der Waals surface area (Å²) in [5.41, 5.74) is 3.61. The Hall–Kier alpha value is -1.33. The van der Waals surface area contributed by atoms with Crippen molar-refractivity contribution in [3.8, 4) is 0 Å². The smallest absolute Gasteiger partial charge is 0.211 e. The van der Waals surface area contributed by atoms with Crippen LogP contribution in [-0.4, -0.2) is 25.3 Å². The number of nitrogens with one attached hydrogen (secondary N) is 1. The topological polar surface area (TPSA) is 51.1 Å². The van der Waals surface area contributed by atoms with Crippen molar-refractivity contribution >= 4 is 20.9 Å². The highest BCUT2D eigenvalue weighted by Crippen LogP contribution is 2.24. The van der Waals surface area contributed by atoms with Gasteiger partial charge in [0, 0.05) is 30.2 Å². The average Bonchev–Trinajstić information content (AvgIpc) is 2.64. The number of fused-ring (bicyclic) bond motifs is 1. The molecule has 0 unspecified atom stereocenters. The molecule has 5 heteroatoms. The van der Waals surface area contributed by atoms with E-state index >= 15 is 0 Å². The standard InChI is InChI=1S/C15H22N2O2S/c1-4-11-20(18,19)16-10-9-13-12(2)17(3)15-8-6-5-7-14(13)15/h5-8,16H,4,9-11H2,1-3H3. The number of rotatable bonds is 6. The Balaban J connectivity index is 2.17. The monoisotopic (exact) mass is 294 g/mol. The van der Waals surface area contributed by atoms with E-state index in [0.29, 0.717) is 13.0 Å². The van der Waals surface area contributed by atoms with Gasteiger partial charge in [0.25, 0.3) is 0 Å². The molecule has 0 fully saturated rings. The van der Waals surface area contributed by atoms with Gasteiger partial charge in [-0.15, -0.1) is 0 Å². The van der Waals surface area contributed by atoms with Gasteiger partial charge in [0.2, 0.25) is 10.0 Å². The third kappa shape index (κ3) is 3.04. The highest BCUT2D eigenvalue weighted by molar-refractivity contribution is 7.89. The molecule has 0 bridgehead atoms. The van der Waals surface area contributed by atoms with Gasteiger partial charge in [-0.25, -0.2) is 13.1 Å². The van der Waals surface area contributed by atoms with Crippen molar-refractivity contribution in [1.82, 2.24) is 9.29 Å². The van der Waals surface area contributed by atoms with E-state index in [0.717, 1.165) is 6.42 Å². The van der Waals surface area contributed by atoms with Crippen molar-refractivity contribution in [2.75, 3.05) is 12.3 Å². The lowest BCUT2D eigenvalue weighted by Gasteiger charge is -2.06. The molecule has 0 spiro atoms. The molecule has 0 aliphatic rings. The molecule has 110 valence electrons. The second-order valence-electron chi connectivity index (χ2n) is 5.10. The Morgan fingerprint density at radius 2 is 1.95 bits per heavy atom. The van der Waals surface area contributed by atoms with Crippen LogP contribution in [0.2, 0.25) is 0 Å². The first-order chi connectivity index (χ1) is 9.46. The number of aromatic nitrogens is 1. The zero-order valence-electron chi connectivity index (χ0n) is 12.3. The Labute approximate surface area is 120 Å². The summed E-state index contributed by atoms with van der Waals surface area (Å²) in [6, 6.07) is 8.23. The van der Waals surface area contributed by atoms with Crippen LogP contribution in [0.5, 0.6) is 0 Å². The van der Waals surface area contributed by atoms with Crippen LogP contribution in [0, 0.1) is 6.92 Å². The Kier molecular flexibility index (Phi) is 4.50. The molecule has 1 N–H and O–H groups in total. The molecule has 4 nitrogen and oxygen atoms in total. The Morgan fingerprint density at radius 1 is 1.25 bits per heavy atom. The molecular weight excluding hydrogens is 272 g/mol. The first kappa shape index (κ1) is 15.1. The van der Waals surface area contributed by atoms with Gasteiger partial charge in [-0.1, -0.05) is 25.1 Å². The van der Waals surface area contributed by atoms with Gasteiger partial charge in [-0.05, 0) is 31.4 Å². The third-order valence-corrected chi connectivity index (χ3v) is 5.29. The van der Waals surface area contributed by atoms with Gasteiger partial charge in [0.1, 0.15) is 0 Å². The maximum Gasteiger partial charge on any atom is 0.211 e. The predicted octanol–water partition coefficient (Wildman–Crippen LogP) is 2.36. The summed E-state index contributed by atoms with van der Waals surface area (Å²) in [5, 5.41) is 1.21. The lowest BCUT2D eigenvalue weighted by molar-refractivity contribution is 0.580. The quantitative estimate of drug-likeness (QED) is 0.889. The number of sulfonamides is 1. The van der Waals surface area contributed by atoms with Crippen molar-refractivity contribution < 1.29 is 8.42 Å². The van der Waals surface area contributed by atoms with Crippen LogP contribution in [0.1, 0.15) is 24.6 Å². The van der Waals surface area contributed by atoms with Crippen LogP contribution >= 0.6 is 0 Å². The lowest BCUT2D eigenvalue weighted by Crippen LogP contribution is -2.28. The van der Waals surface area contributed by atoms with Crippen LogP contribution < -0.4 is 4.72 Å². The zero-order valence-corrected chi connectivity index (χ0v) is 13.1. The largest absolute Gasteiger partial charge is 0.348 e. The van der Waals surface area contributed by atoms with Crippen molar-refractivity contribution in [3.05, 3.63) is 35.5 Å². The summed E-state index contributed by atoms with van der Waals surface area (Å²) in [6.45, 7) is 4.40. The minimum atomic E-state index is -3.12. The van der Waals surface area contributed by atoms with Crippen molar-refractivity contribution in [3.63, 3.8) is 0 Å². The second kappa shape index (κ2) is 5.97. The molecule has 0 saturated heterocycles. The molecule has 1 heterocycles. The molecule has 0 atom stereocenters. The summed E-state index contributed by atoms with van der Waals surface area (Å²) in [6.07, 6.45) is 1.36. The normalized spacial score (nSPS) is 12.2. The van der Waals surface area contributed by atoms with Crippen molar-refractivity contribution in [2.24, 2.45) is 7.05 Å². The van der Waals surface area contributed by atoms with Gasteiger partial charge in [0.15, 0.2) is 0 Å². The van der Waals surface area contributed by atoms with Gasteiger partial charge in [-0.3, -0.25) is 0 Å². The molecule has 0 aliphatic heterocycles. The number of benzene rings is 1. The summed E-state index contributed by atoms with van der Waals surface area (Å²) < 4.78 is 28.1. The highest BCUT2D eigenvalue weighted by atomic mass is 32.2. The molecular formula is C15H22N2O2S. The maximum absolute atomic E-state index is 11.7. The SMILES string of the molecule is CCCS(=O)(=O)NCCc1c(C)n(C)c2ccccc12. The summed E-state index contributed by atoms with van der Waals surface area (Å²) in [5.74, 6) is 0.196. The Bertz CT molecular complexity index is 702. The molecule has 1 aromatic heterocycles. The third-order valence-electron chi connectivity index (χ3n) is 3.70. The minimum absolute atomic E-state index is 0.196. The van der Waals surface area contributed by atoms with E-state index in [1.165, 1.54) is 22.2 Å². The molecule has 20 heavy (non-hydrogen) atoms. The van der Waals surface area contributed by atoms with E-state index in [-0.39, 0.29) is 5.75 Å². The van der Waals surface area contributed by atoms with E-state index in [9.17, 15) is 8.42 Å². The van der Waals surface area contributed by atoms with Gasteiger partial charge < -0.3 is 4.57 Å². The first-order valence-electron chi connectivity index (χ1n) is 6.96. The average molecular weight is 294 g/mol. The first-order valence-corrected chi connectivity index (χ1v) is 8.61. The molecule has 2 aromatic rings. The maximum atomic E-state index is 11.7. The van der Waals surface area contributed by atoms with E-state index in [2.05, 4.69) is 28.3 Å². The predicted molar refractivity (Wildman–Crippen MR) is 83.4 cm³/mol. The zero-order chi connectivity index (χ0) is 14.8. The van der Waals surface area contributed by atoms with E-state index in [4.69, 9.17) is 0 Å². The molecule has 0 radical (unpaired) electrons. The molecule has 1 aromatic carbocycles. The summed E-state index contributed by atoms with van der Waals surface area (Å²) in [4.78, 5) is 0. The van der Waals surface area contributed by atoms with Crippen LogP contribution in [0.3, 0.4) is 0 Å². The van der Waals surface area contributed by atoms with Crippen LogP contribution in [0.4, 0.5) is 0 Å². The number of nitrogens with zero attached hydrogens (tertiary/aromatic N) is 1. The Morgan fingerprint density at radius 3 is 2.65 bits per heavy atom. The van der Waals surface area contributed by atoms with E-state index in [1.807, 2.05) is 26.1 Å². The van der Waals surface area contributed by atoms with Crippen LogP contribution in [0.15, 0.2) is 24.3 Å². The molecule has 2 rings (SSSR count). The minimum Gasteiger partial charge on any atom is -0.348 e. The molecule has 0 aliphatic carbocycles. The van der Waals surface area contributed by atoms with Crippen LogP contribution in [-0.2, 0) is 23.5 Å². The van der Waals surface area contributed by atoms with Crippen molar-refractivity contribution in [1.29, 1.82) is 0 Å². The van der Waals surface area contributed by atoms with E-state index in [1.54, 1.807) is 0 Å². The van der Waals surface area contributed by atoms with Crippen molar-refractivity contribution in [2.45, 2.75) is 26.7 Å². The number of hydrogen-bond donors (Lipinski definition) is 1. The fourth-order valence-corrected chi connectivity index (χ4v) is 3.68. The second-order valence-corrected chi connectivity index (χ2v) is 7.03. The number of para-hydroxylation sites is 1.